The monoisotopic (exact) mass is 275 g/mol. The zero-order chi connectivity index (χ0) is 14.4. The highest BCUT2D eigenvalue weighted by atomic mass is 16.4. The van der Waals surface area contributed by atoms with E-state index >= 15 is 0 Å². The van der Waals surface area contributed by atoms with Crippen LogP contribution in [-0.4, -0.2) is 15.6 Å². The lowest BCUT2D eigenvalue weighted by Gasteiger charge is -2.11. The summed E-state index contributed by atoms with van der Waals surface area (Å²) in [6.07, 6.45) is 10.5. The summed E-state index contributed by atoms with van der Waals surface area (Å²) in [5.74, 6) is -0.911. The molecule has 0 unspecified atom stereocenters. The number of aromatic nitrogens is 1. The van der Waals surface area contributed by atoms with Crippen LogP contribution in [0.3, 0.4) is 0 Å². The van der Waals surface area contributed by atoms with Crippen molar-refractivity contribution < 1.29 is 9.90 Å². The van der Waals surface area contributed by atoms with Crippen LogP contribution in [0.2, 0.25) is 0 Å². The minimum Gasteiger partial charge on any atom is -0.478 e. The van der Waals surface area contributed by atoms with Crippen LogP contribution in [0.15, 0.2) is 65.8 Å². The maximum Gasteiger partial charge on any atom is 0.337 e. The molecular weight excluding hydrogens is 262 g/mol. The Kier molecular flexibility index (Phi) is 2.48. The minimum atomic E-state index is -0.911. The molecule has 0 radical (unpaired) electrons. The summed E-state index contributed by atoms with van der Waals surface area (Å²) >= 11 is 0. The van der Waals surface area contributed by atoms with Gasteiger partial charge in [-0.05, 0) is 30.2 Å². The Morgan fingerprint density at radius 3 is 2.95 bits per heavy atom. The molecule has 0 spiro atoms. The first-order valence-corrected chi connectivity index (χ1v) is 6.88. The Balaban J connectivity index is 2.09. The number of carboxylic acid groups (broad SMARTS) is 1. The Morgan fingerprint density at radius 2 is 2.10 bits per heavy atom. The summed E-state index contributed by atoms with van der Waals surface area (Å²) in [5.41, 5.74) is 4.42. The van der Waals surface area contributed by atoms with Crippen LogP contribution in [-0.2, 0) is 4.79 Å². The second-order valence-corrected chi connectivity index (χ2v) is 5.20. The van der Waals surface area contributed by atoms with Crippen LogP contribution in [0.25, 0.3) is 22.7 Å². The summed E-state index contributed by atoms with van der Waals surface area (Å²) in [7, 11) is 0. The number of nitrogens with zero attached hydrogens (tertiary/aromatic N) is 1. The number of rotatable bonds is 1. The zero-order valence-electron chi connectivity index (χ0n) is 11.3. The number of carbonyl (C=O) groups is 1. The Labute approximate surface area is 121 Å². The zero-order valence-corrected chi connectivity index (χ0v) is 11.3. The molecule has 2 heterocycles. The highest BCUT2D eigenvalue weighted by Crippen LogP contribution is 2.35. The fourth-order valence-electron chi connectivity index (χ4n) is 2.95. The molecule has 4 rings (SSSR count). The van der Waals surface area contributed by atoms with Crippen molar-refractivity contribution >= 4 is 28.6 Å². The van der Waals surface area contributed by atoms with Crippen LogP contribution < -0.4 is 0 Å². The first kappa shape index (κ1) is 12.0. The van der Waals surface area contributed by atoms with Crippen LogP contribution in [0.1, 0.15) is 12.1 Å². The second-order valence-electron chi connectivity index (χ2n) is 5.20. The smallest absolute Gasteiger partial charge is 0.337 e. The highest BCUT2D eigenvalue weighted by Gasteiger charge is 2.20. The molecule has 0 amide bonds. The third kappa shape index (κ3) is 1.78. The van der Waals surface area contributed by atoms with E-state index < -0.39 is 5.97 Å². The molecule has 1 aliphatic carbocycles. The first-order valence-electron chi connectivity index (χ1n) is 6.88. The van der Waals surface area contributed by atoms with E-state index in [9.17, 15) is 9.90 Å². The molecular formula is C18H13NO2. The van der Waals surface area contributed by atoms with Gasteiger partial charge < -0.3 is 9.67 Å². The highest BCUT2D eigenvalue weighted by molar-refractivity contribution is 6.01. The van der Waals surface area contributed by atoms with Gasteiger partial charge in [0.2, 0.25) is 0 Å². The lowest BCUT2D eigenvalue weighted by molar-refractivity contribution is -0.132. The fraction of sp³-hybridized carbons (Fsp3) is 0.0556. The van der Waals surface area contributed by atoms with Crippen molar-refractivity contribution in [2.45, 2.75) is 6.42 Å². The maximum absolute atomic E-state index is 11.5. The molecule has 1 aliphatic heterocycles. The quantitative estimate of drug-likeness (QED) is 0.859. The lowest BCUT2D eigenvalue weighted by atomic mass is 9.96. The van der Waals surface area contributed by atoms with Crippen molar-refractivity contribution in [3.8, 4) is 0 Å². The molecule has 1 N–H and O–H groups in total. The van der Waals surface area contributed by atoms with Crippen molar-refractivity contribution in [2.75, 3.05) is 0 Å². The SMILES string of the molecule is O=C(O)C1=Cn2c(cc3ccccc32)C2=CCC=CC2=C1. The summed E-state index contributed by atoms with van der Waals surface area (Å²) < 4.78 is 1.98. The molecule has 0 bridgehead atoms. The van der Waals surface area contributed by atoms with Crippen molar-refractivity contribution in [2.24, 2.45) is 0 Å². The fourth-order valence-corrected chi connectivity index (χ4v) is 2.95. The molecule has 3 heteroatoms. The van der Waals surface area contributed by atoms with Crippen molar-refractivity contribution in [3.05, 3.63) is 71.5 Å². The number of benzene rings is 1. The van der Waals surface area contributed by atoms with Gasteiger partial charge in [0.05, 0.1) is 16.8 Å². The van der Waals surface area contributed by atoms with E-state index in [1.54, 1.807) is 12.3 Å². The molecule has 3 nitrogen and oxygen atoms in total. The van der Waals surface area contributed by atoms with Crippen molar-refractivity contribution in [1.82, 2.24) is 4.57 Å². The molecule has 2 aromatic rings. The number of carboxylic acids is 1. The third-order valence-corrected chi connectivity index (χ3v) is 3.92. The van der Waals surface area contributed by atoms with Crippen molar-refractivity contribution in [1.29, 1.82) is 0 Å². The molecule has 1 aromatic heterocycles. The van der Waals surface area contributed by atoms with Gasteiger partial charge in [-0.15, -0.1) is 0 Å². The molecule has 0 saturated carbocycles. The van der Waals surface area contributed by atoms with Crippen molar-refractivity contribution in [3.63, 3.8) is 0 Å². The van der Waals surface area contributed by atoms with E-state index in [0.717, 1.165) is 34.2 Å². The molecule has 0 fully saturated rings. The predicted molar refractivity (Wildman–Crippen MR) is 83.7 cm³/mol. The van der Waals surface area contributed by atoms with Crippen LogP contribution in [0.5, 0.6) is 0 Å². The number of para-hydroxylation sites is 1. The molecule has 0 atom stereocenters. The van der Waals surface area contributed by atoms with E-state index in [-0.39, 0.29) is 0 Å². The van der Waals surface area contributed by atoms with Gasteiger partial charge >= 0.3 is 5.97 Å². The predicted octanol–water partition coefficient (Wildman–Crippen LogP) is 3.85. The van der Waals surface area contributed by atoms with Gasteiger partial charge in [-0.25, -0.2) is 4.79 Å². The van der Waals surface area contributed by atoms with Crippen LogP contribution >= 0.6 is 0 Å². The summed E-state index contributed by atoms with van der Waals surface area (Å²) in [4.78, 5) is 11.5. The number of hydrogen-bond acceptors (Lipinski definition) is 1. The second kappa shape index (κ2) is 4.35. The average molecular weight is 275 g/mol. The van der Waals surface area contributed by atoms with Gasteiger partial charge in [0.15, 0.2) is 0 Å². The summed E-state index contributed by atoms with van der Waals surface area (Å²) in [5, 5.41) is 10.5. The molecule has 102 valence electrons. The van der Waals surface area contributed by atoms with Gasteiger partial charge in [-0.3, -0.25) is 0 Å². The Morgan fingerprint density at radius 1 is 1.24 bits per heavy atom. The van der Waals surface area contributed by atoms with Gasteiger partial charge in [0.1, 0.15) is 0 Å². The van der Waals surface area contributed by atoms with E-state index in [4.69, 9.17) is 0 Å². The first-order chi connectivity index (χ1) is 10.2. The summed E-state index contributed by atoms with van der Waals surface area (Å²) in [6, 6.07) is 10.1. The minimum absolute atomic E-state index is 0.294. The number of fused-ring (bicyclic) bond motifs is 5. The lowest BCUT2D eigenvalue weighted by Crippen LogP contribution is -1.99. The van der Waals surface area contributed by atoms with E-state index in [1.807, 2.05) is 41.0 Å². The number of allylic oxidation sites excluding steroid dienone is 5. The Bertz CT molecular complexity index is 891. The molecule has 1 aromatic carbocycles. The van der Waals surface area contributed by atoms with E-state index in [2.05, 4.69) is 12.1 Å². The van der Waals surface area contributed by atoms with Gasteiger partial charge in [0, 0.05) is 17.2 Å². The average Bonchev–Trinajstić information content (AvgIpc) is 2.77. The number of hydrogen-bond donors (Lipinski definition) is 1. The normalized spacial score (nSPS) is 16.5. The molecule has 21 heavy (non-hydrogen) atoms. The van der Waals surface area contributed by atoms with Crippen LogP contribution in [0.4, 0.5) is 0 Å². The van der Waals surface area contributed by atoms with Gasteiger partial charge in [-0.1, -0.05) is 36.4 Å². The maximum atomic E-state index is 11.5. The van der Waals surface area contributed by atoms with Crippen LogP contribution in [0, 0.1) is 0 Å². The Hall–Kier alpha value is -2.81. The molecule has 2 aliphatic rings. The standard InChI is InChI=1S/C18H13NO2/c20-18(21)14-9-12-5-1-3-7-15(12)17-10-13-6-2-4-8-16(13)19(17)11-14/h1-2,4-11H,3H2,(H,20,21). The number of aliphatic carboxylic acids is 1. The third-order valence-electron chi connectivity index (χ3n) is 3.92. The van der Waals surface area contributed by atoms with E-state index in [1.165, 1.54) is 0 Å². The summed E-state index contributed by atoms with van der Waals surface area (Å²) in [6.45, 7) is 0. The largest absolute Gasteiger partial charge is 0.478 e. The van der Waals surface area contributed by atoms with E-state index in [0.29, 0.717) is 5.57 Å². The van der Waals surface area contributed by atoms with Gasteiger partial charge in [0.25, 0.3) is 0 Å². The van der Waals surface area contributed by atoms with Gasteiger partial charge in [-0.2, -0.15) is 0 Å². The topological polar surface area (TPSA) is 42.2 Å². The molecule has 0 saturated heterocycles.